The van der Waals surface area contributed by atoms with Crippen molar-refractivity contribution in [2.45, 2.75) is 39.5 Å². The summed E-state index contributed by atoms with van der Waals surface area (Å²) in [5.74, 6) is 0.149. The minimum atomic E-state index is 0.149. The molecule has 0 saturated carbocycles. The summed E-state index contributed by atoms with van der Waals surface area (Å²) in [5, 5.41) is 4.19. The number of carbonyl (C=O) groups excluding carboxylic acids is 1. The Labute approximate surface area is 114 Å². The molecule has 2 rings (SSSR count). The third-order valence-corrected chi connectivity index (χ3v) is 3.40. The fourth-order valence-corrected chi connectivity index (χ4v) is 2.24. The number of nitrogens with one attached hydrogen (secondary N) is 2. The largest absolute Gasteiger partial charge is 0.361 e. The highest BCUT2D eigenvalue weighted by molar-refractivity contribution is 5.84. The maximum absolute atomic E-state index is 11.7. The summed E-state index contributed by atoms with van der Waals surface area (Å²) in [7, 11) is 0. The molecule has 1 heterocycles. The predicted octanol–water partition coefficient (Wildman–Crippen LogP) is 3.33. The van der Waals surface area contributed by atoms with Crippen molar-refractivity contribution < 1.29 is 4.79 Å². The minimum absolute atomic E-state index is 0.149. The van der Waals surface area contributed by atoms with Crippen LogP contribution in [0.2, 0.25) is 0 Å². The highest BCUT2D eigenvalue weighted by Crippen LogP contribution is 2.20. The average molecular weight is 258 g/mol. The van der Waals surface area contributed by atoms with E-state index in [0.717, 1.165) is 31.3 Å². The Morgan fingerprint density at radius 3 is 3.00 bits per heavy atom. The van der Waals surface area contributed by atoms with Gasteiger partial charge in [0.25, 0.3) is 0 Å². The van der Waals surface area contributed by atoms with Crippen molar-refractivity contribution in [2.75, 3.05) is 6.54 Å². The summed E-state index contributed by atoms with van der Waals surface area (Å²) in [4.78, 5) is 15.0. The molecule has 2 aromatic rings. The van der Waals surface area contributed by atoms with Crippen LogP contribution < -0.4 is 5.32 Å². The van der Waals surface area contributed by atoms with Crippen molar-refractivity contribution in [3.05, 3.63) is 35.5 Å². The molecule has 2 N–H and O–H groups in total. The van der Waals surface area contributed by atoms with Crippen LogP contribution in [0, 0.1) is 6.92 Å². The molecule has 102 valence electrons. The van der Waals surface area contributed by atoms with Gasteiger partial charge < -0.3 is 10.3 Å². The first kappa shape index (κ1) is 13.7. The molecule has 0 fully saturated rings. The lowest BCUT2D eigenvalue weighted by molar-refractivity contribution is -0.121. The maximum Gasteiger partial charge on any atom is 0.220 e. The van der Waals surface area contributed by atoms with Gasteiger partial charge in [-0.3, -0.25) is 4.79 Å². The van der Waals surface area contributed by atoms with Crippen LogP contribution in [0.5, 0.6) is 0 Å². The van der Waals surface area contributed by atoms with E-state index in [-0.39, 0.29) is 5.91 Å². The van der Waals surface area contributed by atoms with E-state index in [0.29, 0.717) is 6.42 Å². The molecule has 0 radical (unpaired) electrons. The van der Waals surface area contributed by atoms with Gasteiger partial charge in [-0.2, -0.15) is 0 Å². The van der Waals surface area contributed by atoms with Gasteiger partial charge in [-0.05, 0) is 37.5 Å². The summed E-state index contributed by atoms with van der Waals surface area (Å²) in [6.45, 7) is 5.01. The lowest BCUT2D eigenvalue weighted by Crippen LogP contribution is -2.24. The molecule has 19 heavy (non-hydrogen) atoms. The summed E-state index contributed by atoms with van der Waals surface area (Å²) in [6, 6.07) is 6.37. The Morgan fingerprint density at radius 1 is 1.37 bits per heavy atom. The highest BCUT2D eigenvalue weighted by atomic mass is 16.1. The first-order chi connectivity index (χ1) is 9.20. The molecule has 0 aliphatic heterocycles. The zero-order chi connectivity index (χ0) is 13.7. The molecule has 3 nitrogen and oxygen atoms in total. The molecule has 1 aromatic heterocycles. The topological polar surface area (TPSA) is 44.9 Å². The Hall–Kier alpha value is -1.77. The Morgan fingerprint density at radius 2 is 2.21 bits per heavy atom. The zero-order valence-corrected chi connectivity index (χ0v) is 11.8. The van der Waals surface area contributed by atoms with Gasteiger partial charge in [0.15, 0.2) is 0 Å². The molecule has 0 atom stereocenters. The van der Waals surface area contributed by atoms with E-state index < -0.39 is 0 Å². The fraction of sp³-hybridized carbons (Fsp3) is 0.438. The molecule has 0 unspecified atom stereocenters. The zero-order valence-electron chi connectivity index (χ0n) is 11.8. The Balaban J connectivity index is 1.94. The number of hydrogen-bond acceptors (Lipinski definition) is 1. The van der Waals surface area contributed by atoms with Gasteiger partial charge in [0.2, 0.25) is 5.91 Å². The number of rotatable bonds is 6. The molecule has 3 heteroatoms. The van der Waals surface area contributed by atoms with Crippen molar-refractivity contribution in [1.29, 1.82) is 0 Å². The number of aromatic amines is 1. The van der Waals surface area contributed by atoms with Crippen LogP contribution in [0.1, 0.15) is 37.3 Å². The summed E-state index contributed by atoms with van der Waals surface area (Å²) >= 11 is 0. The second-order valence-corrected chi connectivity index (χ2v) is 5.07. The summed E-state index contributed by atoms with van der Waals surface area (Å²) in [5.41, 5.74) is 3.62. The smallest absolute Gasteiger partial charge is 0.220 e. The van der Waals surface area contributed by atoms with E-state index >= 15 is 0 Å². The number of carbonyl (C=O) groups is 1. The SMILES string of the molecule is CCCCNC(=O)CCc1c[nH]c2ccc(C)cc12. The van der Waals surface area contributed by atoms with Crippen LogP contribution >= 0.6 is 0 Å². The van der Waals surface area contributed by atoms with Crippen molar-refractivity contribution in [2.24, 2.45) is 0 Å². The number of unbranched alkanes of at least 4 members (excludes halogenated alkanes) is 1. The predicted molar refractivity (Wildman–Crippen MR) is 79.3 cm³/mol. The number of fused-ring (bicyclic) bond motifs is 1. The number of hydrogen-bond donors (Lipinski definition) is 2. The van der Waals surface area contributed by atoms with Crippen LogP contribution in [-0.2, 0) is 11.2 Å². The van der Waals surface area contributed by atoms with Gasteiger partial charge >= 0.3 is 0 Å². The second kappa shape index (κ2) is 6.41. The van der Waals surface area contributed by atoms with Crippen LogP contribution in [0.4, 0.5) is 0 Å². The van der Waals surface area contributed by atoms with Crippen molar-refractivity contribution >= 4 is 16.8 Å². The molecule has 0 aliphatic carbocycles. The molecule has 0 spiro atoms. The van der Waals surface area contributed by atoms with Crippen molar-refractivity contribution in [3.63, 3.8) is 0 Å². The van der Waals surface area contributed by atoms with Crippen molar-refractivity contribution in [3.8, 4) is 0 Å². The first-order valence-corrected chi connectivity index (χ1v) is 7.04. The van der Waals surface area contributed by atoms with E-state index in [9.17, 15) is 4.79 Å². The van der Waals surface area contributed by atoms with E-state index in [4.69, 9.17) is 0 Å². The highest BCUT2D eigenvalue weighted by Gasteiger charge is 2.06. The fourth-order valence-electron chi connectivity index (χ4n) is 2.24. The number of amides is 1. The second-order valence-electron chi connectivity index (χ2n) is 5.07. The van der Waals surface area contributed by atoms with Crippen LogP contribution in [0.3, 0.4) is 0 Å². The van der Waals surface area contributed by atoms with Crippen LogP contribution in [0.15, 0.2) is 24.4 Å². The van der Waals surface area contributed by atoms with Gasteiger partial charge in [-0.25, -0.2) is 0 Å². The quantitative estimate of drug-likeness (QED) is 0.767. The average Bonchev–Trinajstić information content (AvgIpc) is 2.79. The van der Waals surface area contributed by atoms with E-state index in [1.54, 1.807) is 0 Å². The van der Waals surface area contributed by atoms with Crippen LogP contribution in [-0.4, -0.2) is 17.4 Å². The summed E-state index contributed by atoms with van der Waals surface area (Å²) in [6.07, 6.45) is 5.54. The molecule has 1 aromatic carbocycles. The third-order valence-electron chi connectivity index (χ3n) is 3.40. The molecule has 0 saturated heterocycles. The van der Waals surface area contributed by atoms with Gasteiger partial charge in [-0.15, -0.1) is 0 Å². The molecule has 0 bridgehead atoms. The van der Waals surface area contributed by atoms with Crippen molar-refractivity contribution in [1.82, 2.24) is 10.3 Å². The number of aryl methyl sites for hydroxylation is 2. The third kappa shape index (κ3) is 3.60. The monoisotopic (exact) mass is 258 g/mol. The molecule has 1 amide bonds. The van der Waals surface area contributed by atoms with E-state index in [1.165, 1.54) is 16.5 Å². The van der Waals surface area contributed by atoms with E-state index in [2.05, 4.69) is 42.3 Å². The number of aromatic nitrogens is 1. The first-order valence-electron chi connectivity index (χ1n) is 7.04. The van der Waals surface area contributed by atoms with Gasteiger partial charge in [0.1, 0.15) is 0 Å². The minimum Gasteiger partial charge on any atom is -0.361 e. The Bertz CT molecular complexity index is 557. The van der Waals surface area contributed by atoms with E-state index in [1.807, 2.05) is 6.20 Å². The molecular weight excluding hydrogens is 236 g/mol. The molecule has 0 aliphatic rings. The lowest BCUT2D eigenvalue weighted by atomic mass is 10.1. The Kier molecular flexibility index (Phi) is 4.61. The standard InChI is InChI=1S/C16H22N2O/c1-3-4-9-17-16(19)8-6-13-11-18-15-7-5-12(2)10-14(13)15/h5,7,10-11,18H,3-4,6,8-9H2,1-2H3,(H,17,19). The normalized spacial score (nSPS) is 10.8. The maximum atomic E-state index is 11.7. The van der Waals surface area contributed by atoms with Gasteiger partial charge in [-0.1, -0.05) is 25.0 Å². The molecular formula is C16H22N2O. The van der Waals surface area contributed by atoms with Crippen LogP contribution in [0.25, 0.3) is 10.9 Å². The number of benzene rings is 1. The summed E-state index contributed by atoms with van der Waals surface area (Å²) < 4.78 is 0. The number of H-pyrrole nitrogens is 1. The van der Waals surface area contributed by atoms with Gasteiger partial charge in [0, 0.05) is 30.1 Å². The lowest BCUT2D eigenvalue weighted by Gasteiger charge is -2.04. The van der Waals surface area contributed by atoms with Gasteiger partial charge in [0.05, 0.1) is 0 Å².